The number of benzene rings is 2. The molecule has 0 amide bonds. The lowest BCUT2D eigenvalue weighted by Gasteiger charge is -2.02. The monoisotopic (exact) mass is 363 g/mol. The second-order valence-electron chi connectivity index (χ2n) is 6.50. The van der Waals surface area contributed by atoms with E-state index in [1.54, 1.807) is 18.3 Å². The number of aromatic nitrogens is 1. The summed E-state index contributed by atoms with van der Waals surface area (Å²) in [7, 11) is 0. The van der Waals surface area contributed by atoms with Crippen molar-refractivity contribution >= 4 is 23.1 Å². The molecule has 0 unspecified atom stereocenters. The Bertz CT molecular complexity index is 970. The molecular weight excluding hydrogens is 338 g/mol. The molecule has 3 aromatic rings. The quantitative estimate of drug-likeness (QED) is 0.307. The van der Waals surface area contributed by atoms with Gasteiger partial charge in [0.2, 0.25) is 5.96 Å². The zero-order valence-corrected chi connectivity index (χ0v) is 15.7. The number of nitrogens with two attached hydrogens (primary N) is 1. The Morgan fingerprint density at radius 1 is 1.26 bits per heavy atom. The molecule has 0 aliphatic heterocycles. The fourth-order valence-corrected chi connectivity index (χ4v) is 2.96. The molecule has 0 saturated heterocycles. The van der Waals surface area contributed by atoms with Crippen molar-refractivity contribution in [2.45, 2.75) is 26.7 Å². The minimum atomic E-state index is 0.249. The van der Waals surface area contributed by atoms with Gasteiger partial charge in [0.05, 0.1) is 6.21 Å². The molecule has 0 bridgehead atoms. The van der Waals surface area contributed by atoms with Crippen LogP contribution in [0.25, 0.3) is 10.9 Å². The van der Waals surface area contributed by atoms with Crippen LogP contribution in [-0.4, -0.2) is 28.8 Å². The first kappa shape index (κ1) is 18.5. The van der Waals surface area contributed by atoms with Gasteiger partial charge in [0.1, 0.15) is 5.75 Å². The average Bonchev–Trinajstić information content (AvgIpc) is 3.05. The van der Waals surface area contributed by atoms with Crippen molar-refractivity contribution in [2.24, 2.45) is 15.8 Å². The zero-order valence-electron chi connectivity index (χ0n) is 15.7. The highest BCUT2D eigenvalue weighted by molar-refractivity contribution is 6.01. The number of aromatic amines is 1. The van der Waals surface area contributed by atoms with Crippen LogP contribution in [0.15, 0.2) is 52.7 Å². The van der Waals surface area contributed by atoms with E-state index in [1.807, 2.05) is 6.20 Å². The van der Waals surface area contributed by atoms with E-state index in [2.05, 4.69) is 58.6 Å². The molecular formula is C21H25N5O. The van der Waals surface area contributed by atoms with Gasteiger partial charge in [0, 0.05) is 29.2 Å². The van der Waals surface area contributed by atoms with Crippen molar-refractivity contribution in [3.05, 3.63) is 64.8 Å². The van der Waals surface area contributed by atoms with Gasteiger partial charge in [-0.2, -0.15) is 5.10 Å². The Labute approximate surface area is 158 Å². The molecule has 0 saturated carbocycles. The number of phenols is 1. The normalized spacial score (nSPS) is 12.1. The fourth-order valence-electron chi connectivity index (χ4n) is 2.96. The largest absolute Gasteiger partial charge is 0.508 e. The van der Waals surface area contributed by atoms with Gasteiger partial charge in [0.15, 0.2) is 0 Å². The first-order chi connectivity index (χ1) is 13.1. The number of hydrogen-bond donors (Lipinski definition) is 4. The van der Waals surface area contributed by atoms with E-state index in [0.29, 0.717) is 6.54 Å². The van der Waals surface area contributed by atoms with E-state index in [9.17, 15) is 5.11 Å². The molecule has 0 spiro atoms. The second-order valence-corrected chi connectivity index (χ2v) is 6.50. The smallest absolute Gasteiger partial charge is 0.209 e. The van der Waals surface area contributed by atoms with Crippen LogP contribution in [0.3, 0.4) is 0 Å². The van der Waals surface area contributed by atoms with Crippen LogP contribution in [0.2, 0.25) is 0 Å². The highest BCUT2D eigenvalue weighted by Crippen LogP contribution is 2.26. The second kappa shape index (κ2) is 8.40. The summed E-state index contributed by atoms with van der Waals surface area (Å²) >= 11 is 0. The van der Waals surface area contributed by atoms with E-state index in [4.69, 9.17) is 5.73 Å². The number of phenolic OH excluding ortho intramolecular Hbond substituents is 1. The van der Waals surface area contributed by atoms with Gasteiger partial charge in [-0.05, 0) is 43.0 Å². The Hall–Kier alpha value is -3.28. The minimum absolute atomic E-state index is 0.249. The van der Waals surface area contributed by atoms with Gasteiger partial charge < -0.3 is 15.8 Å². The predicted octanol–water partition coefficient (Wildman–Crippen LogP) is 3.23. The van der Waals surface area contributed by atoms with Crippen LogP contribution < -0.4 is 11.2 Å². The van der Waals surface area contributed by atoms with Crippen molar-refractivity contribution in [3.63, 3.8) is 0 Å². The van der Waals surface area contributed by atoms with E-state index >= 15 is 0 Å². The van der Waals surface area contributed by atoms with Crippen molar-refractivity contribution < 1.29 is 5.11 Å². The predicted molar refractivity (Wildman–Crippen MR) is 111 cm³/mol. The summed E-state index contributed by atoms with van der Waals surface area (Å²) < 4.78 is 0. The molecule has 0 fully saturated rings. The van der Waals surface area contributed by atoms with Gasteiger partial charge in [0.25, 0.3) is 0 Å². The molecule has 1 heterocycles. The molecule has 5 N–H and O–H groups in total. The summed E-state index contributed by atoms with van der Waals surface area (Å²) in [6.45, 7) is 4.72. The first-order valence-corrected chi connectivity index (χ1v) is 9.04. The van der Waals surface area contributed by atoms with Crippen LogP contribution in [0.1, 0.15) is 29.2 Å². The maximum atomic E-state index is 9.89. The maximum absolute atomic E-state index is 9.89. The van der Waals surface area contributed by atoms with Gasteiger partial charge in [-0.15, -0.1) is 0 Å². The van der Waals surface area contributed by atoms with Crippen LogP contribution >= 0.6 is 0 Å². The van der Waals surface area contributed by atoms with Crippen LogP contribution in [-0.2, 0) is 12.8 Å². The van der Waals surface area contributed by atoms with E-state index in [0.717, 1.165) is 34.9 Å². The number of aromatic hydroxyl groups is 1. The van der Waals surface area contributed by atoms with Crippen molar-refractivity contribution in [1.82, 2.24) is 10.4 Å². The number of guanidine groups is 1. The lowest BCUT2D eigenvalue weighted by Crippen LogP contribution is -2.27. The number of aliphatic imine (C=N–C) groups is 1. The summed E-state index contributed by atoms with van der Waals surface area (Å²) in [4.78, 5) is 7.52. The van der Waals surface area contributed by atoms with Crippen LogP contribution in [0, 0.1) is 6.92 Å². The zero-order chi connectivity index (χ0) is 19.2. The molecule has 27 heavy (non-hydrogen) atoms. The van der Waals surface area contributed by atoms with E-state index in [1.165, 1.54) is 11.1 Å². The average molecular weight is 363 g/mol. The molecule has 0 atom stereocenters. The number of rotatable bonds is 6. The molecule has 2 aromatic carbocycles. The van der Waals surface area contributed by atoms with Gasteiger partial charge in [-0.25, -0.2) is 5.43 Å². The topological polar surface area (TPSA) is 98.8 Å². The summed E-state index contributed by atoms with van der Waals surface area (Å²) in [5.74, 6) is 0.522. The van der Waals surface area contributed by atoms with Gasteiger partial charge >= 0.3 is 0 Å². The maximum Gasteiger partial charge on any atom is 0.209 e. The highest BCUT2D eigenvalue weighted by Gasteiger charge is 2.07. The lowest BCUT2D eigenvalue weighted by atomic mass is 10.1. The van der Waals surface area contributed by atoms with Crippen molar-refractivity contribution in [1.29, 1.82) is 0 Å². The molecule has 0 radical (unpaired) electrons. The number of aryl methyl sites for hydroxylation is 2. The summed E-state index contributed by atoms with van der Waals surface area (Å²) in [6, 6.07) is 11.9. The fraction of sp³-hybridized carbons (Fsp3) is 0.238. The van der Waals surface area contributed by atoms with Crippen LogP contribution in [0.5, 0.6) is 5.75 Å². The van der Waals surface area contributed by atoms with E-state index < -0.39 is 0 Å². The Morgan fingerprint density at radius 3 is 2.78 bits per heavy atom. The molecule has 1 aromatic heterocycles. The number of nitrogens with one attached hydrogen (secondary N) is 2. The number of fused-ring (bicyclic) bond motifs is 1. The van der Waals surface area contributed by atoms with Crippen molar-refractivity contribution in [2.75, 3.05) is 6.54 Å². The van der Waals surface area contributed by atoms with Crippen LogP contribution in [0.4, 0.5) is 0 Å². The number of nitrogens with zero attached hydrogens (tertiary/aromatic N) is 2. The Kier molecular flexibility index (Phi) is 5.76. The third kappa shape index (κ3) is 4.67. The number of hydrogen-bond acceptors (Lipinski definition) is 3. The first-order valence-electron chi connectivity index (χ1n) is 9.04. The molecule has 0 aliphatic rings. The third-order valence-electron chi connectivity index (χ3n) is 4.45. The Balaban J connectivity index is 1.60. The standard InChI is InChI=1S/C21H25N5O/c1-3-16-10-18(27)11-19-17(12-24-20(16)19)13-25-26-21(22)23-9-8-15-6-4-14(2)5-7-15/h4-7,10-13,24,27H,3,8-9H2,1-2H3,(H3,22,23,26). The minimum Gasteiger partial charge on any atom is -0.508 e. The summed E-state index contributed by atoms with van der Waals surface area (Å²) in [5.41, 5.74) is 14.0. The highest BCUT2D eigenvalue weighted by atomic mass is 16.3. The van der Waals surface area contributed by atoms with Gasteiger partial charge in [-0.3, -0.25) is 4.99 Å². The molecule has 6 nitrogen and oxygen atoms in total. The van der Waals surface area contributed by atoms with Crippen molar-refractivity contribution in [3.8, 4) is 5.75 Å². The molecule has 0 aliphatic carbocycles. The third-order valence-corrected chi connectivity index (χ3v) is 4.45. The lowest BCUT2D eigenvalue weighted by molar-refractivity contribution is 0.475. The van der Waals surface area contributed by atoms with E-state index in [-0.39, 0.29) is 11.7 Å². The molecule has 6 heteroatoms. The summed E-state index contributed by atoms with van der Waals surface area (Å²) in [6.07, 6.45) is 5.19. The Morgan fingerprint density at radius 2 is 2.04 bits per heavy atom. The SMILES string of the molecule is CCc1cc(O)cc2c(C=NNC(N)=NCCc3ccc(C)cc3)c[nH]c12. The number of hydrazone groups is 1. The summed E-state index contributed by atoms with van der Waals surface area (Å²) in [5, 5.41) is 15.0. The van der Waals surface area contributed by atoms with Gasteiger partial charge in [-0.1, -0.05) is 36.8 Å². The number of H-pyrrole nitrogens is 1. The molecule has 3 rings (SSSR count). The molecule has 140 valence electrons.